The summed E-state index contributed by atoms with van der Waals surface area (Å²) >= 11 is 0. The predicted molar refractivity (Wildman–Crippen MR) is 43.5 cm³/mol. The van der Waals surface area contributed by atoms with Crippen molar-refractivity contribution in [3.8, 4) is 0 Å². The van der Waals surface area contributed by atoms with E-state index < -0.39 is 0 Å². The van der Waals surface area contributed by atoms with Crippen molar-refractivity contribution >= 4 is 0 Å². The molecule has 0 radical (unpaired) electrons. The summed E-state index contributed by atoms with van der Waals surface area (Å²) in [6, 6.07) is -0.227. The minimum atomic E-state index is -0.328. The van der Waals surface area contributed by atoms with Gasteiger partial charge in [0.25, 0.3) is 0 Å². The molecule has 1 aliphatic heterocycles. The molecule has 0 bridgehead atoms. The monoisotopic (exact) mass is 171 g/mol. The van der Waals surface area contributed by atoms with E-state index in [1.54, 1.807) is 0 Å². The normalized spacial score (nSPS) is 40.9. The SMILES string of the molecule is CC1[C@H](C)O[C@H](CO)[C@@H]1N=[N+]=[N-]. The van der Waals surface area contributed by atoms with Crippen LogP contribution >= 0.6 is 0 Å². The van der Waals surface area contributed by atoms with Gasteiger partial charge in [-0.15, -0.1) is 0 Å². The van der Waals surface area contributed by atoms with Gasteiger partial charge >= 0.3 is 0 Å². The van der Waals surface area contributed by atoms with Crippen molar-refractivity contribution < 1.29 is 9.84 Å². The zero-order chi connectivity index (χ0) is 9.14. The number of nitrogens with zero attached hydrogens (tertiary/aromatic N) is 3. The topological polar surface area (TPSA) is 78.2 Å². The van der Waals surface area contributed by atoms with Crippen molar-refractivity contribution in [1.29, 1.82) is 0 Å². The van der Waals surface area contributed by atoms with Crippen molar-refractivity contribution in [2.24, 2.45) is 11.0 Å². The lowest BCUT2D eigenvalue weighted by Crippen LogP contribution is -2.26. The molecule has 1 N–H and O–H groups in total. The third kappa shape index (κ3) is 1.53. The molecule has 0 saturated carbocycles. The average molecular weight is 171 g/mol. The highest BCUT2D eigenvalue weighted by atomic mass is 16.5. The Hall–Kier alpha value is -0.770. The van der Waals surface area contributed by atoms with E-state index in [1.807, 2.05) is 13.8 Å². The largest absolute Gasteiger partial charge is 0.394 e. The van der Waals surface area contributed by atoms with Crippen molar-refractivity contribution in [3.05, 3.63) is 10.4 Å². The average Bonchev–Trinajstić information content (AvgIpc) is 2.33. The molecule has 4 atom stereocenters. The van der Waals surface area contributed by atoms with Crippen LogP contribution in [0.4, 0.5) is 0 Å². The number of aliphatic hydroxyl groups is 1. The second-order valence-corrected chi connectivity index (χ2v) is 3.12. The number of ether oxygens (including phenoxy) is 1. The van der Waals surface area contributed by atoms with Crippen LogP contribution in [-0.4, -0.2) is 30.0 Å². The summed E-state index contributed by atoms with van der Waals surface area (Å²) in [5.74, 6) is 0.179. The molecule has 1 aliphatic rings. The van der Waals surface area contributed by atoms with Crippen LogP contribution in [0.3, 0.4) is 0 Å². The molecule has 12 heavy (non-hydrogen) atoms. The molecule has 0 aliphatic carbocycles. The molecule has 1 saturated heterocycles. The van der Waals surface area contributed by atoms with Crippen LogP contribution in [0.1, 0.15) is 13.8 Å². The zero-order valence-corrected chi connectivity index (χ0v) is 7.21. The van der Waals surface area contributed by atoms with Crippen LogP contribution in [0.2, 0.25) is 0 Å². The molecule has 1 heterocycles. The Morgan fingerprint density at radius 3 is 2.75 bits per heavy atom. The maximum atomic E-state index is 8.89. The lowest BCUT2D eigenvalue weighted by atomic mass is 9.98. The van der Waals surface area contributed by atoms with Gasteiger partial charge in [0, 0.05) is 4.91 Å². The van der Waals surface area contributed by atoms with Crippen LogP contribution in [0, 0.1) is 5.92 Å². The van der Waals surface area contributed by atoms with Crippen molar-refractivity contribution in [1.82, 2.24) is 0 Å². The third-order valence-electron chi connectivity index (χ3n) is 2.41. The van der Waals surface area contributed by atoms with Gasteiger partial charge in [0.05, 0.1) is 24.9 Å². The predicted octanol–water partition coefficient (Wildman–Crippen LogP) is 1.08. The molecular formula is C7H13N3O2. The van der Waals surface area contributed by atoms with Crippen molar-refractivity contribution in [3.63, 3.8) is 0 Å². The van der Waals surface area contributed by atoms with E-state index in [4.69, 9.17) is 15.4 Å². The Balaban J connectivity index is 2.72. The van der Waals surface area contributed by atoms with Gasteiger partial charge in [-0.3, -0.25) is 0 Å². The number of hydrogen-bond donors (Lipinski definition) is 1. The van der Waals surface area contributed by atoms with E-state index in [-0.39, 0.29) is 30.8 Å². The molecule has 0 aromatic heterocycles. The Bertz CT molecular complexity index is 203. The summed E-state index contributed by atoms with van der Waals surface area (Å²) in [5.41, 5.74) is 8.27. The summed E-state index contributed by atoms with van der Waals surface area (Å²) in [7, 11) is 0. The lowest BCUT2D eigenvalue weighted by Gasteiger charge is -2.12. The summed E-state index contributed by atoms with van der Waals surface area (Å²) in [5, 5.41) is 12.5. The highest BCUT2D eigenvalue weighted by molar-refractivity contribution is 4.91. The van der Waals surface area contributed by atoms with Gasteiger partial charge in [-0.1, -0.05) is 12.0 Å². The Kier molecular flexibility index (Phi) is 2.92. The molecule has 1 rings (SSSR count). The summed E-state index contributed by atoms with van der Waals surface area (Å²) in [4.78, 5) is 2.73. The first-order valence-electron chi connectivity index (χ1n) is 4.01. The Morgan fingerprint density at radius 1 is 1.58 bits per heavy atom. The second kappa shape index (κ2) is 3.76. The van der Waals surface area contributed by atoms with Gasteiger partial charge in [-0.25, -0.2) is 0 Å². The first kappa shape index (κ1) is 9.32. The van der Waals surface area contributed by atoms with Crippen LogP contribution in [0.25, 0.3) is 10.4 Å². The van der Waals surface area contributed by atoms with Crippen molar-refractivity contribution in [2.75, 3.05) is 6.61 Å². The minimum Gasteiger partial charge on any atom is -0.394 e. The van der Waals surface area contributed by atoms with Crippen LogP contribution < -0.4 is 0 Å². The van der Waals surface area contributed by atoms with Gasteiger partial charge < -0.3 is 9.84 Å². The van der Waals surface area contributed by atoms with E-state index >= 15 is 0 Å². The lowest BCUT2D eigenvalue weighted by molar-refractivity contribution is 0.0119. The van der Waals surface area contributed by atoms with Crippen LogP contribution in [0.15, 0.2) is 5.11 Å². The first-order chi connectivity index (χ1) is 5.70. The second-order valence-electron chi connectivity index (χ2n) is 3.12. The standard InChI is InChI=1S/C7H13N3O2/c1-4-5(2)12-6(3-11)7(4)9-10-8/h4-7,11H,3H2,1-2H3/t4?,5-,6+,7+/m0/s1. The summed E-state index contributed by atoms with van der Waals surface area (Å²) in [6.07, 6.45) is -0.274. The number of rotatable bonds is 2. The summed E-state index contributed by atoms with van der Waals surface area (Å²) in [6.45, 7) is 3.79. The first-order valence-corrected chi connectivity index (χ1v) is 4.01. The molecule has 68 valence electrons. The fourth-order valence-electron chi connectivity index (χ4n) is 1.49. The molecule has 5 nitrogen and oxygen atoms in total. The van der Waals surface area contributed by atoms with E-state index in [1.165, 1.54) is 0 Å². The van der Waals surface area contributed by atoms with Gasteiger partial charge in [0.2, 0.25) is 0 Å². The van der Waals surface area contributed by atoms with E-state index in [0.717, 1.165) is 0 Å². The number of aliphatic hydroxyl groups excluding tert-OH is 1. The molecule has 1 unspecified atom stereocenters. The maximum absolute atomic E-state index is 8.89. The molecule has 5 heteroatoms. The minimum absolute atomic E-state index is 0.0534. The Morgan fingerprint density at radius 2 is 2.25 bits per heavy atom. The third-order valence-corrected chi connectivity index (χ3v) is 2.41. The van der Waals surface area contributed by atoms with Gasteiger partial charge in [0.15, 0.2) is 0 Å². The number of azide groups is 1. The molecule has 0 amide bonds. The molecular weight excluding hydrogens is 158 g/mol. The van der Waals surface area contributed by atoms with Gasteiger partial charge in [0.1, 0.15) is 0 Å². The Labute approximate surface area is 71.0 Å². The van der Waals surface area contributed by atoms with Crippen LogP contribution in [0.5, 0.6) is 0 Å². The fourth-order valence-corrected chi connectivity index (χ4v) is 1.49. The smallest absolute Gasteiger partial charge is 0.0897 e. The molecule has 0 aromatic carbocycles. The molecule has 0 aromatic rings. The summed E-state index contributed by atoms with van der Waals surface area (Å²) < 4.78 is 5.37. The van der Waals surface area contributed by atoms with E-state index in [2.05, 4.69) is 10.0 Å². The van der Waals surface area contributed by atoms with E-state index in [9.17, 15) is 0 Å². The van der Waals surface area contributed by atoms with Gasteiger partial charge in [-0.05, 0) is 18.4 Å². The van der Waals surface area contributed by atoms with Crippen LogP contribution in [-0.2, 0) is 4.74 Å². The molecule has 0 spiro atoms. The maximum Gasteiger partial charge on any atom is 0.0897 e. The van der Waals surface area contributed by atoms with Gasteiger partial charge in [-0.2, -0.15) is 0 Å². The van der Waals surface area contributed by atoms with Crippen molar-refractivity contribution in [2.45, 2.75) is 32.1 Å². The highest BCUT2D eigenvalue weighted by Gasteiger charge is 2.38. The fraction of sp³-hybridized carbons (Fsp3) is 1.00. The van der Waals surface area contributed by atoms with E-state index in [0.29, 0.717) is 0 Å². The zero-order valence-electron chi connectivity index (χ0n) is 7.21. The number of hydrogen-bond acceptors (Lipinski definition) is 3. The highest BCUT2D eigenvalue weighted by Crippen LogP contribution is 2.28. The quantitative estimate of drug-likeness (QED) is 0.383. The molecule has 1 fully saturated rings.